The van der Waals surface area contributed by atoms with Crippen LogP contribution in [0.15, 0.2) is 30.3 Å². The van der Waals surface area contributed by atoms with Gasteiger partial charge in [-0.05, 0) is 57.1 Å². The summed E-state index contributed by atoms with van der Waals surface area (Å²) in [6, 6.07) is 10.4. The predicted molar refractivity (Wildman–Crippen MR) is 116 cm³/mol. The molecular weight excluding hydrogens is 396 g/mol. The number of H-pyrrole nitrogens is 1. The van der Waals surface area contributed by atoms with Gasteiger partial charge in [0.2, 0.25) is 0 Å². The number of carbonyl (C=O) groups excluding carboxylic acids is 3. The number of amides is 1. The van der Waals surface area contributed by atoms with Crippen LogP contribution in [0.2, 0.25) is 0 Å². The first-order valence-electron chi connectivity index (χ1n) is 10.8. The molecule has 7 heteroatoms. The molecule has 0 spiro atoms. The number of hydrogen-bond donors (Lipinski definition) is 1. The topological polar surface area (TPSA) is 88.7 Å². The summed E-state index contributed by atoms with van der Waals surface area (Å²) in [6.45, 7) is 6.35. The van der Waals surface area contributed by atoms with E-state index < -0.39 is 11.9 Å². The van der Waals surface area contributed by atoms with Crippen LogP contribution in [-0.4, -0.2) is 54.0 Å². The van der Waals surface area contributed by atoms with Crippen molar-refractivity contribution in [3.8, 4) is 0 Å². The SMILES string of the molecule is CCOC(=O)c1c(C)[nH]c(C(=O)OCC(=O)N2CCC(Cc3ccccc3)CC2)c1C. The maximum absolute atomic E-state index is 12.5. The first-order chi connectivity index (χ1) is 14.9. The Hall–Kier alpha value is -3.09. The van der Waals surface area contributed by atoms with Gasteiger partial charge in [0.15, 0.2) is 6.61 Å². The van der Waals surface area contributed by atoms with Gasteiger partial charge in [0, 0.05) is 18.8 Å². The Morgan fingerprint density at radius 1 is 1.03 bits per heavy atom. The van der Waals surface area contributed by atoms with Crippen LogP contribution in [0.25, 0.3) is 0 Å². The molecule has 0 radical (unpaired) electrons. The minimum absolute atomic E-state index is 0.176. The van der Waals surface area contributed by atoms with E-state index in [-0.39, 0.29) is 24.8 Å². The lowest BCUT2D eigenvalue weighted by Gasteiger charge is -2.32. The average Bonchev–Trinajstić information content (AvgIpc) is 3.07. The van der Waals surface area contributed by atoms with Crippen molar-refractivity contribution in [2.24, 2.45) is 5.92 Å². The molecule has 7 nitrogen and oxygen atoms in total. The van der Waals surface area contributed by atoms with Crippen LogP contribution in [0.5, 0.6) is 0 Å². The van der Waals surface area contributed by atoms with Crippen molar-refractivity contribution in [2.45, 2.75) is 40.0 Å². The molecular formula is C24H30N2O5. The molecule has 0 aliphatic carbocycles. The largest absolute Gasteiger partial charge is 0.462 e. The number of benzene rings is 1. The van der Waals surface area contributed by atoms with Gasteiger partial charge in [-0.3, -0.25) is 4.79 Å². The molecule has 1 N–H and O–H groups in total. The van der Waals surface area contributed by atoms with E-state index in [0.29, 0.717) is 35.8 Å². The Kier molecular flexibility index (Phi) is 7.50. The number of aryl methyl sites for hydroxylation is 1. The van der Waals surface area contributed by atoms with Crippen molar-refractivity contribution < 1.29 is 23.9 Å². The van der Waals surface area contributed by atoms with Gasteiger partial charge in [-0.1, -0.05) is 30.3 Å². The number of aromatic amines is 1. The Labute approximate surface area is 182 Å². The Morgan fingerprint density at radius 3 is 2.35 bits per heavy atom. The third-order valence-electron chi connectivity index (χ3n) is 5.78. The van der Waals surface area contributed by atoms with Crippen LogP contribution in [-0.2, 0) is 20.7 Å². The predicted octanol–water partition coefficient (Wildman–Crippen LogP) is 3.45. The Balaban J connectivity index is 1.49. The van der Waals surface area contributed by atoms with Crippen LogP contribution in [0.3, 0.4) is 0 Å². The zero-order chi connectivity index (χ0) is 22.4. The fourth-order valence-corrected chi connectivity index (χ4v) is 4.09. The van der Waals surface area contributed by atoms with Crippen molar-refractivity contribution in [3.63, 3.8) is 0 Å². The van der Waals surface area contributed by atoms with Gasteiger partial charge in [0.25, 0.3) is 5.91 Å². The Morgan fingerprint density at radius 2 is 1.71 bits per heavy atom. The van der Waals surface area contributed by atoms with Gasteiger partial charge in [0.1, 0.15) is 5.69 Å². The number of nitrogens with zero attached hydrogens (tertiary/aromatic N) is 1. The maximum Gasteiger partial charge on any atom is 0.355 e. The zero-order valence-electron chi connectivity index (χ0n) is 18.4. The lowest BCUT2D eigenvalue weighted by atomic mass is 9.90. The minimum Gasteiger partial charge on any atom is -0.462 e. The summed E-state index contributed by atoms with van der Waals surface area (Å²) in [5.74, 6) is -0.774. The summed E-state index contributed by atoms with van der Waals surface area (Å²) in [4.78, 5) is 41.7. The van der Waals surface area contributed by atoms with E-state index in [4.69, 9.17) is 9.47 Å². The summed E-state index contributed by atoms with van der Waals surface area (Å²) < 4.78 is 10.3. The lowest BCUT2D eigenvalue weighted by Crippen LogP contribution is -2.41. The van der Waals surface area contributed by atoms with E-state index in [1.54, 1.807) is 25.7 Å². The summed E-state index contributed by atoms with van der Waals surface area (Å²) >= 11 is 0. The van der Waals surface area contributed by atoms with Crippen LogP contribution in [0.4, 0.5) is 0 Å². The molecule has 1 aromatic heterocycles. The van der Waals surface area contributed by atoms with E-state index in [1.807, 2.05) is 18.2 Å². The fourth-order valence-electron chi connectivity index (χ4n) is 4.09. The first kappa shape index (κ1) is 22.6. The van der Waals surface area contributed by atoms with E-state index >= 15 is 0 Å². The molecule has 1 saturated heterocycles. The summed E-state index contributed by atoms with van der Waals surface area (Å²) in [7, 11) is 0. The van der Waals surface area contributed by atoms with E-state index in [1.165, 1.54) is 5.56 Å². The molecule has 0 atom stereocenters. The highest BCUT2D eigenvalue weighted by Gasteiger charge is 2.26. The zero-order valence-corrected chi connectivity index (χ0v) is 18.4. The van der Waals surface area contributed by atoms with Crippen LogP contribution < -0.4 is 0 Å². The summed E-state index contributed by atoms with van der Waals surface area (Å²) in [6.07, 6.45) is 2.89. The van der Waals surface area contributed by atoms with E-state index in [0.717, 1.165) is 19.3 Å². The molecule has 1 fully saturated rings. The molecule has 1 aliphatic rings. The second-order valence-corrected chi connectivity index (χ2v) is 7.94. The molecule has 2 aromatic rings. The Bertz CT molecular complexity index is 927. The third-order valence-corrected chi connectivity index (χ3v) is 5.78. The number of nitrogens with one attached hydrogen (secondary N) is 1. The normalized spacial score (nSPS) is 14.4. The number of esters is 2. The number of aromatic nitrogens is 1. The number of likely N-dealkylation sites (tertiary alicyclic amines) is 1. The molecule has 1 aromatic carbocycles. The highest BCUT2D eigenvalue weighted by molar-refractivity contribution is 5.99. The molecule has 0 saturated carbocycles. The number of piperidine rings is 1. The van der Waals surface area contributed by atoms with Gasteiger partial charge in [0.05, 0.1) is 12.2 Å². The minimum atomic E-state index is -0.650. The summed E-state index contributed by atoms with van der Waals surface area (Å²) in [5.41, 5.74) is 2.83. The quantitative estimate of drug-likeness (QED) is 0.685. The number of hydrogen-bond acceptors (Lipinski definition) is 5. The monoisotopic (exact) mass is 426 g/mol. The molecule has 0 bridgehead atoms. The standard InChI is InChI=1S/C24H30N2O5/c1-4-30-23(28)21-16(2)22(25-17(21)3)24(29)31-15-20(27)26-12-10-19(11-13-26)14-18-8-6-5-7-9-18/h5-9,19,25H,4,10-15H2,1-3H3. The van der Waals surface area contributed by atoms with Crippen LogP contribution >= 0.6 is 0 Å². The number of carbonyl (C=O) groups is 3. The van der Waals surface area contributed by atoms with Crippen LogP contribution in [0.1, 0.15) is 57.4 Å². The fraction of sp³-hybridized carbons (Fsp3) is 0.458. The molecule has 2 heterocycles. The van der Waals surface area contributed by atoms with E-state index in [9.17, 15) is 14.4 Å². The molecule has 1 aliphatic heterocycles. The van der Waals surface area contributed by atoms with Crippen LogP contribution in [0, 0.1) is 19.8 Å². The third kappa shape index (κ3) is 5.54. The first-order valence-corrected chi connectivity index (χ1v) is 10.8. The van der Waals surface area contributed by atoms with Crippen molar-refractivity contribution in [3.05, 3.63) is 58.4 Å². The van der Waals surface area contributed by atoms with Gasteiger partial charge < -0.3 is 19.4 Å². The summed E-state index contributed by atoms with van der Waals surface area (Å²) in [5, 5.41) is 0. The molecule has 31 heavy (non-hydrogen) atoms. The van der Waals surface area contributed by atoms with Crippen molar-refractivity contribution in [2.75, 3.05) is 26.3 Å². The smallest absolute Gasteiger partial charge is 0.355 e. The highest BCUT2D eigenvalue weighted by atomic mass is 16.5. The van der Waals surface area contributed by atoms with Gasteiger partial charge in [-0.2, -0.15) is 0 Å². The van der Waals surface area contributed by atoms with Crippen molar-refractivity contribution in [1.29, 1.82) is 0 Å². The van der Waals surface area contributed by atoms with Crippen molar-refractivity contribution >= 4 is 17.8 Å². The molecule has 1 amide bonds. The lowest BCUT2D eigenvalue weighted by molar-refractivity contribution is -0.135. The molecule has 3 rings (SSSR count). The number of rotatable bonds is 7. The average molecular weight is 427 g/mol. The second kappa shape index (κ2) is 10.3. The van der Waals surface area contributed by atoms with Gasteiger partial charge in [-0.15, -0.1) is 0 Å². The van der Waals surface area contributed by atoms with Gasteiger partial charge >= 0.3 is 11.9 Å². The molecule has 0 unspecified atom stereocenters. The molecule has 166 valence electrons. The van der Waals surface area contributed by atoms with E-state index in [2.05, 4.69) is 17.1 Å². The van der Waals surface area contributed by atoms with Gasteiger partial charge in [-0.25, -0.2) is 9.59 Å². The second-order valence-electron chi connectivity index (χ2n) is 7.94. The highest BCUT2D eigenvalue weighted by Crippen LogP contribution is 2.22. The maximum atomic E-state index is 12.5. The number of ether oxygens (including phenoxy) is 2. The van der Waals surface area contributed by atoms with Crippen molar-refractivity contribution in [1.82, 2.24) is 9.88 Å².